The first kappa shape index (κ1) is 27.4. The van der Waals surface area contributed by atoms with E-state index in [2.05, 4.69) is 51.9 Å². The summed E-state index contributed by atoms with van der Waals surface area (Å²) in [6, 6.07) is 25.5. The van der Waals surface area contributed by atoms with Gasteiger partial charge in [0.05, 0.1) is 5.54 Å². The Morgan fingerprint density at radius 1 is 0.925 bits per heavy atom. The summed E-state index contributed by atoms with van der Waals surface area (Å²) in [7, 11) is 0. The molecule has 8 heteroatoms. The minimum Gasteiger partial charge on any atom is -0.480 e. The van der Waals surface area contributed by atoms with E-state index in [-0.39, 0.29) is 18.9 Å². The van der Waals surface area contributed by atoms with Crippen LogP contribution < -0.4 is 10.6 Å². The molecule has 0 radical (unpaired) electrons. The van der Waals surface area contributed by atoms with Gasteiger partial charge >= 0.3 is 12.1 Å². The van der Waals surface area contributed by atoms with E-state index in [4.69, 9.17) is 4.74 Å². The number of nitrogens with one attached hydrogen (secondary N) is 2. The van der Waals surface area contributed by atoms with Gasteiger partial charge in [-0.1, -0.05) is 78.9 Å². The summed E-state index contributed by atoms with van der Waals surface area (Å²) in [6.45, 7) is 3.75. The number of hydrogen-bond donors (Lipinski definition) is 3. The summed E-state index contributed by atoms with van der Waals surface area (Å²) < 4.78 is 5.80. The Kier molecular flexibility index (Phi) is 8.16. The van der Waals surface area contributed by atoms with Gasteiger partial charge in [0.25, 0.3) is 0 Å². The Balaban J connectivity index is 1.26. The van der Waals surface area contributed by atoms with Crippen molar-refractivity contribution < 1.29 is 24.2 Å². The molecule has 8 nitrogen and oxygen atoms in total. The van der Waals surface area contributed by atoms with Gasteiger partial charge in [0, 0.05) is 32.0 Å². The first-order chi connectivity index (χ1) is 19.3. The van der Waals surface area contributed by atoms with Gasteiger partial charge in [0.15, 0.2) is 0 Å². The maximum absolute atomic E-state index is 13.2. The lowest BCUT2D eigenvalue weighted by Gasteiger charge is -2.42. The summed E-state index contributed by atoms with van der Waals surface area (Å²) in [5.41, 5.74) is 4.92. The van der Waals surface area contributed by atoms with Crippen molar-refractivity contribution in [1.82, 2.24) is 15.5 Å². The second-order valence-electron chi connectivity index (χ2n) is 10.8. The van der Waals surface area contributed by atoms with Crippen LogP contribution in [0.3, 0.4) is 0 Å². The van der Waals surface area contributed by atoms with Crippen LogP contribution in [0.5, 0.6) is 0 Å². The molecule has 208 valence electrons. The number of benzene rings is 3. The van der Waals surface area contributed by atoms with Gasteiger partial charge in [-0.2, -0.15) is 0 Å². The summed E-state index contributed by atoms with van der Waals surface area (Å²) in [5, 5.41) is 14.8. The van der Waals surface area contributed by atoms with Gasteiger partial charge < -0.3 is 20.5 Å². The molecule has 1 atom stereocenters. The van der Waals surface area contributed by atoms with E-state index < -0.39 is 29.6 Å². The number of ether oxygens (including phenoxy) is 1. The second kappa shape index (κ2) is 11.9. The zero-order valence-corrected chi connectivity index (χ0v) is 22.6. The molecule has 0 bridgehead atoms. The van der Waals surface area contributed by atoms with Crippen molar-refractivity contribution in [2.45, 2.75) is 50.2 Å². The van der Waals surface area contributed by atoms with E-state index in [0.717, 1.165) is 28.8 Å². The van der Waals surface area contributed by atoms with E-state index >= 15 is 0 Å². The van der Waals surface area contributed by atoms with Gasteiger partial charge in [0.1, 0.15) is 12.6 Å². The quantitative estimate of drug-likeness (QED) is 0.367. The first-order valence-corrected chi connectivity index (χ1v) is 13.8. The summed E-state index contributed by atoms with van der Waals surface area (Å²) in [5.74, 6) is -1.59. The van der Waals surface area contributed by atoms with Crippen LogP contribution in [-0.4, -0.2) is 59.3 Å². The Labute approximate surface area is 234 Å². The number of fused-ring (bicyclic) bond motifs is 3. The normalized spacial score (nSPS) is 16.8. The molecule has 1 heterocycles. The highest BCUT2D eigenvalue weighted by Gasteiger charge is 2.39. The van der Waals surface area contributed by atoms with Crippen molar-refractivity contribution in [2.75, 3.05) is 19.7 Å². The van der Waals surface area contributed by atoms with Gasteiger partial charge in [-0.05, 0) is 47.6 Å². The minimum absolute atomic E-state index is 0.0198. The van der Waals surface area contributed by atoms with Crippen molar-refractivity contribution in [3.05, 3.63) is 95.6 Å². The molecule has 2 amide bonds. The fourth-order valence-electron chi connectivity index (χ4n) is 5.84. The van der Waals surface area contributed by atoms with Crippen LogP contribution >= 0.6 is 0 Å². The lowest BCUT2D eigenvalue weighted by molar-refractivity contribution is -0.141. The summed E-state index contributed by atoms with van der Waals surface area (Å²) >= 11 is 0. The zero-order valence-electron chi connectivity index (χ0n) is 22.6. The predicted molar refractivity (Wildman–Crippen MR) is 152 cm³/mol. The molecule has 40 heavy (non-hydrogen) atoms. The molecule has 2 aliphatic rings. The second-order valence-corrected chi connectivity index (χ2v) is 10.8. The zero-order chi connectivity index (χ0) is 28.1. The fraction of sp³-hybridized carbons (Fsp3) is 0.344. The van der Waals surface area contributed by atoms with E-state index in [1.165, 1.54) is 12.5 Å². The molecular formula is C32H35N3O5. The highest BCUT2D eigenvalue weighted by Crippen LogP contribution is 2.44. The molecule has 0 spiro atoms. The first-order valence-electron chi connectivity index (χ1n) is 13.8. The van der Waals surface area contributed by atoms with Crippen LogP contribution in [0.4, 0.5) is 4.79 Å². The third-order valence-electron chi connectivity index (χ3n) is 8.02. The van der Waals surface area contributed by atoms with Crippen LogP contribution in [0.25, 0.3) is 11.1 Å². The molecule has 0 aromatic heterocycles. The summed E-state index contributed by atoms with van der Waals surface area (Å²) in [6.07, 6.45) is 0.490. The number of carbonyl (C=O) groups is 3. The van der Waals surface area contributed by atoms with E-state index in [9.17, 15) is 19.5 Å². The van der Waals surface area contributed by atoms with Gasteiger partial charge in [-0.3, -0.25) is 14.5 Å². The van der Waals surface area contributed by atoms with Gasteiger partial charge in [-0.15, -0.1) is 0 Å². The van der Waals surface area contributed by atoms with Crippen molar-refractivity contribution in [3.63, 3.8) is 0 Å². The van der Waals surface area contributed by atoms with Crippen molar-refractivity contribution >= 4 is 18.0 Å². The Bertz CT molecular complexity index is 1320. The van der Waals surface area contributed by atoms with Crippen LogP contribution in [0.15, 0.2) is 78.9 Å². The molecule has 1 unspecified atom stereocenters. The van der Waals surface area contributed by atoms with Crippen LogP contribution in [0.2, 0.25) is 0 Å². The molecule has 1 saturated heterocycles. The number of carbonyl (C=O) groups excluding carboxylic acids is 2. The largest absolute Gasteiger partial charge is 0.480 e. The number of carboxylic acids is 1. The lowest BCUT2D eigenvalue weighted by Crippen LogP contribution is -2.57. The average molecular weight is 542 g/mol. The molecule has 1 aliphatic heterocycles. The molecule has 3 aromatic carbocycles. The number of carboxylic acid groups (broad SMARTS) is 1. The standard InChI is InChI=1S/C32H35N3O5/c1-22(30(37)38)33-29(36)19-32(15-17-35(18-16-32)20-23-9-3-2-4-10-23)34-31(39)40-21-28-26-13-7-5-11-24(26)25-12-6-8-14-27(25)28/h2-14,22,28H,15-21H2,1H3,(H,33,36)(H,34,39)(H,37,38). The summed E-state index contributed by atoms with van der Waals surface area (Å²) in [4.78, 5) is 39.6. The number of aliphatic carboxylic acids is 1. The molecule has 3 aromatic rings. The van der Waals surface area contributed by atoms with E-state index in [0.29, 0.717) is 25.9 Å². The minimum atomic E-state index is -1.11. The molecule has 0 saturated carbocycles. The number of rotatable bonds is 9. The predicted octanol–water partition coefficient (Wildman–Crippen LogP) is 4.54. The molecule has 1 aliphatic carbocycles. The number of likely N-dealkylation sites (tertiary alicyclic amines) is 1. The highest BCUT2D eigenvalue weighted by molar-refractivity contribution is 5.84. The van der Waals surface area contributed by atoms with Crippen molar-refractivity contribution in [1.29, 1.82) is 0 Å². The molecule has 1 fully saturated rings. The maximum atomic E-state index is 13.2. The topological polar surface area (TPSA) is 108 Å². The number of amides is 2. The van der Waals surface area contributed by atoms with E-state index in [1.54, 1.807) is 0 Å². The SMILES string of the molecule is CC(NC(=O)CC1(NC(=O)OCC2c3ccccc3-c3ccccc32)CCN(Cc2ccccc2)CC1)C(=O)O. The fourth-order valence-corrected chi connectivity index (χ4v) is 5.84. The van der Waals surface area contributed by atoms with Crippen molar-refractivity contribution in [2.24, 2.45) is 0 Å². The van der Waals surface area contributed by atoms with Crippen molar-refractivity contribution in [3.8, 4) is 11.1 Å². The third-order valence-corrected chi connectivity index (χ3v) is 8.02. The lowest BCUT2D eigenvalue weighted by atomic mass is 9.83. The third kappa shape index (κ3) is 6.18. The monoisotopic (exact) mass is 541 g/mol. The molecule has 3 N–H and O–H groups in total. The molecular weight excluding hydrogens is 506 g/mol. The number of nitrogens with zero attached hydrogens (tertiary/aromatic N) is 1. The maximum Gasteiger partial charge on any atom is 0.407 e. The van der Waals surface area contributed by atoms with Crippen LogP contribution in [0, 0.1) is 0 Å². The van der Waals surface area contributed by atoms with Gasteiger partial charge in [-0.25, -0.2) is 4.79 Å². The van der Waals surface area contributed by atoms with Crippen LogP contribution in [0.1, 0.15) is 48.8 Å². The van der Waals surface area contributed by atoms with Crippen LogP contribution in [-0.2, 0) is 20.9 Å². The Morgan fingerprint density at radius 3 is 2.10 bits per heavy atom. The Morgan fingerprint density at radius 2 is 1.50 bits per heavy atom. The average Bonchev–Trinajstić information content (AvgIpc) is 3.27. The smallest absolute Gasteiger partial charge is 0.407 e. The molecule has 5 rings (SSSR count). The number of piperidine rings is 1. The number of alkyl carbamates (subject to hydrolysis) is 1. The highest BCUT2D eigenvalue weighted by atomic mass is 16.5. The van der Waals surface area contributed by atoms with Gasteiger partial charge in [0.2, 0.25) is 5.91 Å². The number of hydrogen-bond acceptors (Lipinski definition) is 5. The van der Waals surface area contributed by atoms with E-state index in [1.807, 2.05) is 42.5 Å². The Hall–Kier alpha value is -4.17.